The van der Waals surface area contributed by atoms with Crippen LogP contribution in [-0.2, 0) is 18.9 Å². The van der Waals surface area contributed by atoms with E-state index < -0.39 is 0 Å². The summed E-state index contributed by atoms with van der Waals surface area (Å²) in [6.07, 6.45) is 3.66. The Morgan fingerprint density at radius 2 is 2.12 bits per heavy atom. The number of aromatic nitrogens is 4. The molecule has 0 bridgehead atoms. The second-order valence-corrected chi connectivity index (χ2v) is 6.55. The van der Waals surface area contributed by atoms with E-state index in [2.05, 4.69) is 10.1 Å². The summed E-state index contributed by atoms with van der Waals surface area (Å²) in [6.45, 7) is 1.03. The SMILES string of the molecule is Cn1cc([C@H]2CN(c3nc4c(F)cccc4n3C)C[C@@H]2C(N)=O)cn1. The molecule has 8 heteroatoms. The van der Waals surface area contributed by atoms with Gasteiger partial charge in [0.2, 0.25) is 11.9 Å². The molecule has 2 atom stereocenters. The first kappa shape index (κ1) is 15.6. The lowest BCUT2D eigenvalue weighted by Gasteiger charge is -2.17. The highest BCUT2D eigenvalue weighted by Crippen LogP contribution is 2.35. The molecule has 4 rings (SSSR count). The van der Waals surface area contributed by atoms with Crippen molar-refractivity contribution >= 4 is 22.9 Å². The lowest BCUT2D eigenvalue weighted by molar-refractivity contribution is -0.121. The maximum Gasteiger partial charge on any atom is 0.223 e. The van der Waals surface area contributed by atoms with Crippen LogP contribution in [0.1, 0.15) is 11.5 Å². The number of aryl methyl sites for hydroxylation is 2. The molecule has 0 spiro atoms. The smallest absolute Gasteiger partial charge is 0.223 e. The first-order chi connectivity index (χ1) is 12.0. The normalized spacial score (nSPS) is 20.5. The van der Waals surface area contributed by atoms with Gasteiger partial charge in [-0.15, -0.1) is 0 Å². The summed E-state index contributed by atoms with van der Waals surface area (Å²) in [7, 11) is 3.69. The van der Waals surface area contributed by atoms with E-state index in [1.807, 2.05) is 35.8 Å². The Bertz CT molecular complexity index is 961. The largest absolute Gasteiger partial charge is 0.369 e. The molecule has 3 aromatic rings. The van der Waals surface area contributed by atoms with Crippen molar-refractivity contribution in [2.45, 2.75) is 5.92 Å². The predicted molar refractivity (Wildman–Crippen MR) is 91.5 cm³/mol. The summed E-state index contributed by atoms with van der Waals surface area (Å²) in [4.78, 5) is 18.4. The van der Waals surface area contributed by atoms with Gasteiger partial charge >= 0.3 is 0 Å². The van der Waals surface area contributed by atoms with E-state index >= 15 is 0 Å². The first-order valence-electron chi connectivity index (χ1n) is 8.09. The van der Waals surface area contributed by atoms with Crippen molar-refractivity contribution in [3.63, 3.8) is 0 Å². The summed E-state index contributed by atoms with van der Waals surface area (Å²) in [6, 6.07) is 4.89. The van der Waals surface area contributed by atoms with Crippen molar-refractivity contribution in [2.75, 3.05) is 18.0 Å². The molecule has 0 unspecified atom stereocenters. The Morgan fingerprint density at radius 1 is 1.32 bits per heavy atom. The number of rotatable bonds is 3. The fourth-order valence-corrected chi connectivity index (χ4v) is 3.68. The molecular weight excluding hydrogens is 323 g/mol. The Morgan fingerprint density at radius 3 is 2.76 bits per heavy atom. The molecule has 1 aromatic carbocycles. The van der Waals surface area contributed by atoms with Crippen molar-refractivity contribution in [1.82, 2.24) is 19.3 Å². The van der Waals surface area contributed by atoms with Crippen molar-refractivity contribution in [2.24, 2.45) is 25.7 Å². The molecule has 1 aliphatic rings. The lowest BCUT2D eigenvalue weighted by atomic mass is 9.90. The molecule has 1 saturated heterocycles. The van der Waals surface area contributed by atoms with Gasteiger partial charge in [0, 0.05) is 39.3 Å². The molecule has 1 fully saturated rings. The van der Waals surface area contributed by atoms with Crippen molar-refractivity contribution in [1.29, 1.82) is 0 Å². The third-order valence-corrected chi connectivity index (χ3v) is 4.96. The molecular formula is C17H19FN6O. The summed E-state index contributed by atoms with van der Waals surface area (Å²) >= 11 is 0. The molecule has 25 heavy (non-hydrogen) atoms. The third-order valence-electron chi connectivity index (χ3n) is 4.96. The number of nitrogens with two attached hydrogens (primary N) is 1. The molecule has 2 aromatic heterocycles. The van der Waals surface area contributed by atoms with Gasteiger partial charge in [0.25, 0.3) is 0 Å². The highest BCUT2D eigenvalue weighted by atomic mass is 19.1. The Hall–Kier alpha value is -2.90. The van der Waals surface area contributed by atoms with Crippen LogP contribution in [0.25, 0.3) is 11.0 Å². The topological polar surface area (TPSA) is 82.0 Å². The Kier molecular flexibility index (Phi) is 3.48. The fourth-order valence-electron chi connectivity index (χ4n) is 3.68. The second-order valence-electron chi connectivity index (χ2n) is 6.55. The second kappa shape index (κ2) is 5.58. The highest BCUT2D eigenvalue weighted by molar-refractivity contribution is 5.81. The van der Waals surface area contributed by atoms with Crippen molar-refractivity contribution < 1.29 is 9.18 Å². The van der Waals surface area contributed by atoms with Crippen LogP contribution >= 0.6 is 0 Å². The van der Waals surface area contributed by atoms with Crippen LogP contribution in [0.3, 0.4) is 0 Å². The summed E-state index contributed by atoms with van der Waals surface area (Å²) in [5, 5.41) is 4.19. The van der Waals surface area contributed by atoms with Gasteiger partial charge < -0.3 is 15.2 Å². The molecule has 1 aliphatic heterocycles. The zero-order chi connectivity index (χ0) is 17.7. The van der Waals surface area contributed by atoms with E-state index in [0.29, 0.717) is 24.6 Å². The van der Waals surface area contributed by atoms with Crippen LogP contribution in [0.15, 0.2) is 30.6 Å². The molecule has 7 nitrogen and oxygen atoms in total. The van der Waals surface area contributed by atoms with Gasteiger partial charge in [-0.25, -0.2) is 9.37 Å². The highest BCUT2D eigenvalue weighted by Gasteiger charge is 2.39. The molecule has 1 amide bonds. The number of anilines is 1. The number of benzene rings is 1. The van der Waals surface area contributed by atoms with Crippen LogP contribution in [0.2, 0.25) is 0 Å². The summed E-state index contributed by atoms with van der Waals surface area (Å²) in [5.41, 5.74) is 7.65. The van der Waals surface area contributed by atoms with Gasteiger partial charge in [-0.2, -0.15) is 5.10 Å². The fraction of sp³-hybridized carbons (Fsp3) is 0.353. The molecule has 0 aliphatic carbocycles. The van der Waals surface area contributed by atoms with Crippen LogP contribution in [0.4, 0.5) is 10.3 Å². The van der Waals surface area contributed by atoms with E-state index in [4.69, 9.17) is 5.73 Å². The third kappa shape index (κ3) is 2.45. The average molecular weight is 342 g/mol. The Labute approximate surface area is 143 Å². The zero-order valence-electron chi connectivity index (χ0n) is 14.1. The number of hydrogen-bond acceptors (Lipinski definition) is 4. The first-order valence-corrected chi connectivity index (χ1v) is 8.09. The molecule has 0 saturated carbocycles. The van der Waals surface area contributed by atoms with E-state index in [1.165, 1.54) is 6.07 Å². The maximum absolute atomic E-state index is 14.0. The van der Waals surface area contributed by atoms with Gasteiger partial charge in [0.15, 0.2) is 5.82 Å². The number of imidazole rings is 1. The average Bonchev–Trinajstić information content (AvgIpc) is 3.25. The van der Waals surface area contributed by atoms with Crippen LogP contribution in [0, 0.1) is 11.7 Å². The number of nitrogens with zero attached hydrogens (tertiary/aromatic N) is 5. The number of halogens is 1. The molecule has 3 heterocycles. The van der Waals surface area contributed by atoms with Crippen molar-refractivity contribution in [3.05, 3.63) is 42.0 Å². The lowest BCUT2D eigenvalue weighted by Crippen LogP contribution is -2.29. The van der Waals surface area contributed by atoms with E-state index in [-0.39, 0.29) is 23.6 Å². The number of carbonyl (C=O) groups is 1. The van der Waals surface area contributed by atoms with E-state index in [0.717, 1.165) is 11.1 Å². The number of fused-ring (bicyclic) bond motifs is 1. The standard InChI is InChI=1S/C17H19FN6O/c1-22-7-10(6-20-22)11-8-24(9-12(11)16(19)25)17-21-15-13(18)4-3-5-14(15)23(17)2/h3-7,11-12H,8-9H2,1-2H3,(H2,19,25)/t11-,12+/m1/s1. The number of primary amides is 1. The minimum Gasteiger partial charge on any atom is -0.369 e. The number of carbonyl (C=O) groups excluding carboxylic acids is 1. The van der Waals surface area contributed by atoms with Crippen LogP contribution < -0.4 is 10.6 Å². The van der Waals surface area contributed by atoms with Gasteiger partial charge in [-0.05, 0) is 17.7 Å². The van der Waals surface area contributed by atoms with E-state index in [9.17, 15) is 9.18 Å². The van der Waals surface area contributed by atoms with Crippen LogP contribution in [0.5, 0.6) is 0 Å². The van der Waals surface area contributed by atoms with Gasteiger partial charge in [0.1, 0.15) is 5.52 Å². The van der Waals surface area contributed by atoms with Gasteiger partial charge in [0.05, 0.1) is 17.6 Å². The molecule has 0 radical (unpaired) electrons. The predicted octanol–water partition coefficient (Wildman–Crippen LogP) is 1.15. The van der Waals surface area contributed by atoms with Gasteiger partial charge in [-0.3, -0.25) is 9.48 Å². The molecule has 130 valence electrons. The number of hydrogen-bond donors (Lipinski definition) is 1. The van der Waals surface area contributed by atoms with E-state index in [1.54, 1.807) is 16.9 Å². The van der Waals surface area contributed by atoms with Gasteiger partial charge in [-0.1, -0.05) is 6.07 Å². The summed E-state index contributed by atoms with van der Waals surface area (Å²) in [5.74, 6) is -0.461. The number of para-hydroxylation sites is 1. The monoisotopic (exact) mass is 342 g/mol. The Balaban J connectivity index is 1.73. The minimum atomic E-state index is -0.353. The number of amides is 1. The minimum absolute atomic E-state index is 0.0594. The van der Waals surface area contributed by atoms with Crippen LogP contribution in [-0.4, -0.2) is 38.3 Å². The zero-order valence-corrected chi connectivity index (χ0v) is 14.1. The molecule has 2 N–H and O–H groups in total. The summed E-state index contributed by atoms with van der Waals surface area (Å²) < 4.78 is 17.6. The van der Waals surface area contributed by atoms with Crippen molar-refractivity contribution in [3.8, 4) is 0 Å². The quantitative estimate of drug-likeness (QED) is 0.774. The maximum atomic E-state index is 14.0.